The molecule has 3 aromatic rings. The summed E-state index contributed by atoms with van der Waals surface area (Å²) in [6.07, 6.45) is 5.28. The molecule has 0 aliphatic rings. The van der Waals surface area contributed by atoms with Crippen molar-refractivity contribution in [3.05, 3.63) is 64.6 Å². The van der Waals surface area contributed by atoms with Crippen molar-refractivity contribution in [1.82, 2.24) is 9.13 Å². The Morgan fingerprint density at radius 2 is 2.05 bits per heavy atom. The minimum atomic E-state index is -0.411. The molecule has 0 aliphatic heterocycles. The van der Waals surface area contributed by atoms with E-state index in [1.54, 1.807) is 41.2 Å². The molecular formula is C15H13N3O3. The van der Waals surface area contributed by atoms with E-state index in [2.05, 4.69) is 0 Å². The van der Waals surface area contributed by atoms with Gasteiger partial charge in [0, 0.05) is 37.3 Å². The SMILES string of the molecule is Cn1ccc(C(=O)Cn2ccc3c([N+](=O)[O-])cccc32)c1. The molecule has 2 heterocycles. The fourth-order valence-corrected chi connectivity index (χ4v) is 2.42. The van der Waals surface area contributed by atoms with E-state index in [0.29, 0.717) is 16.5 Å². The van der Waals surface area contributed by atoms with Crippen molar-refractivity contribution in [2.75, 3.05) is 0 Å². The predicted molar refractivity (Wildman–Crippen MR) is 78.3 cm³/mol. The van der Waals surface area contributed by atoms with Gasteiger partial charge in [-0.15, -0.1) is 0 Å². The Balaban J connectivity index is 1.97. The molecule has 0 fully saturated rings. The van der Waals surface area contributed by atoms with Crippen molar-refractivity contribution in [2.45, 2.75) is 6.54 Å². The Morgan fingerprint density at radius 3 is 2.71 bits per heavy atom. The first-order valence-electron chi connectivity index (χ1n) is 6.43. The molecule has 0 saturated carbocycles. The van der Waals surface area contributed by atoms with Gasteiger partial charge in [0.25, 0.3) is 5.69 Å². The number of carbonyl (C=O) groups excluding carboxylic acids is 1. The smallest absolute Gasteiger partial charge is 0.278 e. The lowest BCUT2D eigenvalue weighted by molar-refractivity contribution is -0.383. The molecule has 0 saturated heterocycles. The van der Waals surface area contributed by atoms with E-state index in [0.717, 1.165) is 0 Å². The first-order chi connectivity index (χ1) is 10.1. The topological polar surface area (TPSA) is 70.1 Å². The first kappa shape index (κ1) is 13.1. The van der Waals surface area contributed by atoms with Crippen LogP contribution in [-0.4, -0.2) is 19.8 Å². The number of fused-ring (bicyclic) bond motifs is 1. The molecule has 0 spiro atoms. The normalized spacial score (nSPS) is 10.9. The van der Waals surface area contributed by atoms with Crippen LogP contribution in [-0.2, 0) is 13.6 Å². The first-order valence-corrected chi connectivity index (χ1v) is 6.43. The lowest BCUT2D eigenvalue weighted by Crippen LogP contribution is -2.08. The Labute approximate surface area is 120 Å². The van der Waals surface area contributed by atoms with E-state index in [1.807, 2.05) is 17.8 Å². The summed E-state index contributed by atoms with van der Waals surface area (Å²) in [6, 6.07) is 8.30. The van der Waals surface area contributed by atoms with Gasteiger partial charge in [0.2, 0.25) is 0 Å². The lowest BCUT2D eigenvalue weighted by Gasteiger charge is -2.03. The summed E-state index contributed by atoms with van der Waals surface area (Å²) in [5, 5.41) is 11.5. The third-order valence-electron chi connectivity index (χ3n) is 3.46. The number of carbonyl (C=O) groups is 1. The van der Waals surface area contributed by atoms with Gasteiger partial charge in [-0.2, -0.15) is 0 Å². The zero-order valence-electron chi connectivity index (χ0n) is 11.4. The maximum absolute atomic E-state index is 12.2. The number of hydrogen-bond acceptors (Lipinski definition) is 3. The van der Waals surface area contributed by atoms with Gasteiger partial charge in [-0.25, -0.2) is 0 Å². The number of ketones is 1. The second kappa shape index (κ2) is 4.90. The summed E-state index contributed by atoms with van der Waals surface area (Å²) in [6.45, 7) is 0.161. The minimum Gasteiger partial charge on any atom is -0.357 e. The van der Waals surface area contributed by atoms with Gasteiger partial charge in [-0.3, -0.25) is 14.9 Å². The average Bonchev–Trinajstić information content (AvgIpc) is 3.05. The van der Waals surface area contributed by atoms with Gasteiger partial charge in [0.1, 0.15) is 0 Å². The Hall–Kier alpha value is -2.89. The number of Topliss-reactive ketones (excluding diaryl/α,β-unsaturated/α-hetero) is 1. The molecule has 6 heteroatoms. The molecule has 1 aromatic carbocycles. The summed E-state index contributed by atoms with van der Waals surface area (Å²) in [5.74, 6) is -0.0281. The van der Waals surface area contributed by atoms with Gasteiger partial charge in [0.05, 0.1) is 22.4 Å². The monoisotopic (exact) mass is 283 g/mol. The number of aryl methyl sites for hydroxylation is 1. The quantitative estimate of drug-likeness (QED) is 0.420. The highest BCUT2D eigenvalue weighted by atomic mass is 16.6. The van der Waals surface area contributed by atoms with Crippen LogP contribution in [0, 0.1) is 10.1 Å². The lowest BCUT2D eigenvalue weighted by atomic mass is 10.2. The minimum absolute atomic E-state index is 0.0281. The summed E-state index contributed by atoms with van der Waals surface area (Å²) >= 11 is 0. The van der Waals surface area contributed by atoms with Crippen molar-refractivity contribution in [1.29, 1.82) is 0 Å². The van der Waals surface area contributed by atoms with Crippen LogP contribution in [0.1, 0.15) is 10.4 Å². The Bertz CT molecular complexity index is 845. The fraction of sp³-hybridized carbons (Fsp3) is 0.133. The third-order valence-corrected chi connectivity index (χ3v) is 3.46. The van der Waals surface area contributed by atoms with E-state index in [4.69, 9.17) is 0 Å². The number of hydrogen-bond donors (Lipinski definition) is 0. The largest absolute Gasteiger partial charge is 0.357 e. The maximum Gasteiger partial charge on any atom is 0.278 e. The van der Waals surface area contributed by atoms with Crippen LogP contribution in [0.3, 0.4) is 0 Å². The Kier molecular flexibility index (Phi) is 3.06. The van der Waals surface area contributed by atoms with E-state index in [1.165, 1.54) is 6.07 Å². The van der Waals surface area contributed by atoms with Crippen molar-refractivity contribution >= 4 is 22.4 Å². The summed E-state index contributed by atoms with van der Waals surface area (Å²) in [4.78, 5) is 22.8. The zero-order valence-corrected chi connectivity index (χ0v) is 11.4. The van der Waals surface area contributed by atoms with Crippen molar-refractivity contribution in [3.63, 3.8) is 0 Å². The fourth-order valence-electron chi connectivity index (χ4n) is 2.42. The standard InChI is InChI=1S/C15H13N3O3/c1-16-7-5-11(9-16)15(19)10-17-8-6-12-13(17)3-2-4-14(12)18(20)21/h2-9H,10H2,1H3. The molecule has 6 nitrogen and oxygen atoms in total. The van der Waals surface area contributed by atoms with Gasteiger partial charge in [-0.05, 0) is 18.2 Å². The number of aromatic nitrogens is 2. The molecule has 0 N–H and O–H groups in total. The summed E-state index contributed by atoms with van der Waals surface area (Å²) in [7, 11) is 1.85. The average molecular weight is 283 g/mol. The number of rotatable bonds is 4. The molecule has 0 radical (unpaired) electrons. The maximum atomic E-state index is 12.2. The van der Waals surface area contributed by atoms with Crippen LogP contribution < -0.4 is 0 Å². The molecule has 2 aromatic heterocycles. The molecule has 0 bridgehead atoms. The van der Waals surface area contributed by atoms with Crippen molar-refractivity contribution < 1.29 is 9.72 Å². The van der Waals surface area contributed by atoms with E-state index in [9.17, 15) is 14.9 Å². The number of nitro groups is 1. The van der Waals surface area contributed by atoms with Crippen molar-refractivity contribution in [3.8, 4) is 0 Å². The van der Waals surface area contributed by atoms with E-state index < -0.39 is 4.92 Å². The number of non-ortho nitro benzene ring substituents is 1. The van der Waals surface area contributed by atoms with Crippen LogP contribution in [0.2, 0.25) is 0 Å². The highest BCUT2D eigenvalue weighted by molar-refractivity contribution is 5.97. The van der Waals surface area contributed by atoms with Crippen LogP contribution in [0.25, 0.3) is 10.9 Å². The van der Waals surface area contributed by atoms with Crippen LogP contribution >= 0.6 is 0 Å². The molecule has 21 heavy (non-hydrogen) atoms. The molecule has 0 atom stereocenters. The van der Waals surface area contributed by atoms with Gasteiger partial charge in [-0.1, -0.05) is 6.07 Å². The highest BCUT2D eigenvalue weighted by Gasteiger charge is 2.15. The van der Waals surface area contributed by atoms with Crippen LogP contribution in [0.4, 0.5) is 5.69 Å². The molecule has 106 valence electrons. The van der Waals surface area contributed by atoms with E-state index in [-0.39, 0.29) is 18.0 Å². The van der Waals surface area contributed by atoms with Crippen LogP contribution in [0.15, 0.2) is 48.9 Å². The second-order valence-corrected chi connectivity index (χ2v) is 4.90. The predicted octanol–water partition coefficient (Wildman–Crippen LogP) is 2.77. The molecule has 0 aliphatic carbocycles. The van der Waals surface area contributed by atoms with Gasteiger partial charge >= 0.3 is 0 Å². The number of benzene rings is 1. The molecule has 0 unspecified atom stereocenters. The zero-order chi connectivity index (χ0) is 15.0. The summed E-state index contributed by atoms with van der Waals surface area (Å²) in [5.41, 5.74) is 1.37. The van der Waals surface area contributed by atoms with Crippen LogP contribution in [0.5, 0.6) is 0 Å². The number of nitro benzene ring substituents is 1. The van der Waals surface area contributed by atoms with Gasteiger partial charge < -0.3 is 9.13 Å². The summed E-state index contributed by atoms with van der Waals surface area (Å²) < 4.78 is 3.55. The highest BCUT2D eigenvalue weighted by Crippen LogP contribution is 2.26. The van der Waals surface area contributed by atoms with Gasteiger partial charge in [0.15, 0.2) is 5.78 Å². The second-order valence-electron chi connectivity index (χ2n) is 4.90. The Morgan fingerprint density at radius 1 is 1.24 bits per heavy atom. The molecule has 0 amide bonds. The number of nitrogens with zero attached hydrogens (tertiary/aromatic N) is 3. The molecular weight excluding hydrogens is 270 g/mol. The molecule has 3 rings (SSSR count). The third kappa shape index (κ3) is 2.31. The van der Waals surface area contributed by atoms with E-state index >= 15 is 0 Å². The van der Waals surface area contributed by atoms with Crippen molar-refractivity contribution in [2.24, 2.45) is 7.05 Å².